The smallest absolute Gasteiger partial charge is 0.256 e. The predicted octanol–water partition coefficient (Wildman–Crippen LogP) is 2.79. The largest absolute Gasteiger partial charge is 0.497 e. The number of anilines is 1. The number of ether oxygens (including phenoxy) is 1. The molecule has 0 atom stereocenters. The summed E-state index contributed by atoms with van der Waals surface area (Å²) in [5.74, 6) is 1.39. The molecule has 4 rings (SSSR count). The third-order valence-electron chi connectivity index (χ3n) is 4.26. The zero-order valence-electron chi connectivity index (χ0n) is 12.4. The molecule has 1 aromatic heterocycles. The first kappa shape index (κ1) is 13.1. The van der Waals surface area contributed by atoms with Gasteiger partial charge in [-0.1, -0.05) is 0 Å². The van der Waals surface area contributed by atoms with Gasteiger partial charge >= 0.3 is 0 Å². The van der Waals surface area contributed by atoms with Crippen LogP contribution in [0.2, 0.25) is 0 Å². The molecule has 0 unspecified atom stereocenters. The number of aryl methyl sites for hydroxylation is 2. The minimum atomic E-state index is -0.0994. The summed E-state index contributed by atoms with van der Waals surface area (Å²) in [5.41, 5.74) is 4.65. The standard InChI is InChI=1S/C17H17N3O2/c1-22-10-6-7-13-11(8-10)12(17(21)20-13)9-16-18-14-4-2-3-5-15(14)19-16/h6-9H,2-5H2,1H3,(H,18,19)(H,20,21). The van der Waals surface area contributed by atoms with E-state index in [1.54, 1.807) is 7.11 Å². The topological polar surface area (TPSA) is 67.0 Å². The Kier molecular flexibility index (Phi) is 2.99. The number of hydrogen-bond donors (Lipinski definition) is 2. The van der Waals surface area contributed by atoms with Gasteiger partial charge in [-0.25, -0.2) is 4.98 Å². The highest BCUT2D eigenvalue weighted by molar-refractivity contribution is 6.34. The monoisotopic (exact) mass is 295 g/mol. The van der Waals surface area contributed by atoms with E-state index in [1.807, 2.05) is 24.3 Å². The van der Waals surface area contributed by atoms with E-state index < -0.39 is 0 Å². The van der Waals surface area contributed by atoms with E-state index >= 15 is 0 Å². The quantitative estimate of drug-likeness (QED) is 0.837. The number of rotatable bonds is 2. The summed E-state index contributed by atoms with van der Waals surface area (Å²) < 4.78 is 5.25. The Hall–Kier alpha value is -2.56. The molecule has 2 aromatic rings. The number of carbonyl (C=O) groups excluding carboxylic acids is 1. The SMILES string of the molecule is COc1ccc2c(c1)C(=Cc1nc3c([nH]1)CCCC3)C(=O)N2. The lowest BCUT2D eigenvalue weighted by molar-refractivity contribution is -0.110. The zero-order valence-corrected chi connectivity index (χ0v) is 12.4. The number of amides is 1. The van der Waals surface area contributed by atoms with Crippen LogP contribution in [-0.2, 0) is 17.6 Å². The number of methoxy groups -OCH3 is 1. The normalized spacial score (nSPS) is 18.0. The highest BCUT2D eigenvalue weighted by atomic mass is 16.5. The fraction of sp³-hybridized carbons (Fsp3) is 0.294. The first-order chi connectivity index (χ1) is 10.7. The van der Waals surface area contributed by atoms with Gasteiger partial charge in [0.25, 0.3) is 5.91 Å². The Morgan fingerprint density at radius 2 is 2.14 bits per heavy atom. The van der Waals surface area contributed by atoms with Gasteiger partial charge in [-0.2, -0.15) is 0 Å². The van der Waals surface area contributed by atoms with E-state index in [2.05, 4.69) is 15.3 Å². The van der Waals surface area contributed by atoms with Crippen LogP contribution in [0.5, 0.6) is 5.75 Å². The average Bonchev–Trinajstić information content (AvgIpc) is 3.08. The molecule has 0 radical (unpaired) electrons. The summed E-state index contributed by atoms with van der Waals surface area (Å²) in [6.07, 6.45) is 6.28. The summed E-state index contributed by atoms with van der Waals surface area (Å²) in [7, 11) is 1.62. The molecule has 0 fully saturated rings. The number of hydrogen-bond acceptors (Lipinski definition) is 3. The van der Waals surface area contributed by atoms with E-state index in [4.69, 9.17) is 4.74 Å². The van der Waals surface area contributed by atoms with Gasteiger partial charge in [0.15, 0.2) is 0 Å². The molecule has 5 nitrogen and oxygen atoms in total. The van der Waals surface area contributed by atoms with Crippen molar-refractivity contribution in [1.29, 1.82) is 0 Å². The van der Waals surface area contributed by atoms with Crippen LogP contribution in [0.15, 0.2) is 18.2 Å². The molecule has 0 saturated carbocycles. The molecule has 1 aromatic carbocycles. The van der Waals surface area contributed by atoms with Gasteiger partial charge in [0.1, 0.15) is 11.6 Å². The lowest BCUT2D eigenvalue weighted by Crippen LogP contribution is -2.03. The third kappa shape index (κ3) is 2.09. The number of nitrogens with one attached hydrogen (secondary N) is 2. The molecule has 112 valence electrons. The molecule has 0 bridgehead atoms. The highest BCUT2D eigenvalue weighted by Gasteiger charge is 2.25. The van der Waals surface area contributed by atoms with Crippen LogP contribution < -0.4 is 10.1 Å². The van der Waals surface area contributed by atoms with Crippen LogP contribution in [0.25, 0.3) is 11.6 Å². The molecule has 0 saturated heterocycles. The second-order valence-corrected chi connectivity index (χ2v) is 5.68. The fourth-order valence-electron chi connectivity index (χ4n) is 3.12. The number of H-pyrrole nitrogens is 1. The van der Waals surface area contributed by atoms with Crippen molar-refractivity contribution in [1.82, 2.24) is 9.97 Å². The molecule has 22 heavy (non-hydrogen) atoms. The highest BCUT2D eigenvalue weighted by Crippen LogP contribution is 2.35. The second kappa shape index (κ2) is 5.02. The van der Waals surface area contributed by atoms with Crippen LogP contribution in [0.1, 0.15) is 35.6 Å². The van der Waals surface area contributed by atoms with Gasteiger partial charge in [0.2, 0.25) is 0 Å². The van der Waals surface area contributed by atoms with Crippen LogP contribution in [0.4, 0.5) is 5.69 Å². The van der Waals surface area contributed by atoms with E-state index in [1.165, 1.54) is 18.5 Å². The van der Waals surface area contributed by atoms with Crippen molar-refractivity contribution in [3.8, 4) is 5.75 Å². The van der Waals surface area contributed by atoms with E-state index in [0.29, 0.717) is 5.57 Å². The maximum Gasteiger partial charge on any atom is 0.256 e. The van der Waals surface area contributed by atoms with Gasteiger partial charge in [0, 0.05) is 16.9 Å². The number of benzene rings is 1. The van der Waals surface area contributed by atoms with Crippen LogP contribution in [-0.4, -0.2) is 23.0 Å². The van der Waals surface area contributed by atoms with Crippen molar-refractivity contribution >= 4 is 23.2 Å². The molecule has 2 aliphatic rings. The first-order valence-corrected chi connectivity index (χ1v) is 7.54. The molecule has 1 aliphatic heterocycles. The third-order valence-corrected chi connectivity index (χ3v) is 4.26. The van der Waals surface area contributed by atoms with E-state index in [9.17, 15) is 4.79 Å². The summed E-state index contributed by atoms with van der Waals surface area (Å²) in [6, 6.07) is 5.58. The van der Waals surface area contributed by atoms with Crippen molar-refractivity contribution in [2.24, 2.45) is 0 Å². The van der Waals surface area contributed by atoms with E-state index in [-0.39, 0.29) is 5.91 Å². The molecule has 5 heteroatoms. The molecule has 0 spiro atoms. The zero-order chi connectivity index (χ0) is 15.1. The second-order valence-electron chi connectivity index (χ2n) is 5.68. The average molecular weight is 295 g/mol. The van der Waals surface area contributed by atoms with Gasteiger partial charge in [-0.15, -0.1) is 0 Å². The maximum atomic E-state index is 12.2. The van der Waals surface area contributed by atoms with Crippen molar-refractivity contribution < 1.29 is 9.53 Å². The number of fused-ring (bicyclic) bond motifs is 2. The van der Waals surface area contributed by atoms with Crippen molar-refractivity contribution in [2.45, 2.75) is 25.7 Å². The number of aromatic nitrogens is 2. The van der Waals surface area contributed by atoms with Crippen LogP contribution >= 0.6 is 0 Å². The summed E-state index contributed by atoms with van der Waals surface area (Å²) in [6.45, 7) is 0. The van der Waals surface area contributed by atoms with Crippen molar-refractivity contribution in [2.75, 3.05) is 12.4 Å². The molecule has 1 aliphatic carbocycles. The molecule has 2 heterocycles. The number of aromatic amines is 1. The minimum absolute atomic E-state index is 0.0994. The molecular formula is C17H17N3O2. The number of imidazole rings is 1. The Bertz CT molecular complexity index is 766. The summed E-state index contributed by atoms with van der Waals surface area (Å²) >= 11 is 0. The predicted molar refractivity (Wildman–Crippen MR) is 84.7 cm³/mol. The maximum absolute atomic E-state index is 12.2. The Labute approximate surface area is 128 Å². The van der Waals surface area contributed by atoms with E-state index in [0.717, 1.165) is 41.4 Å². The molecule has 2 N–H and O–H groups in total. The summed E-state index contributed by atoms with van der Waals surface area (Å²) in [5, 5.41) is 2.88. The number of nitrogens with zero attached hydrogens (tertiary/aromatic N) is 1. The Morgan fingerprint density at radius 3 is 2.95 bits per heavy atom. The fourth-order valence-corrected chi connectivity index (χ4v) is 3.12. The molecular weight excluding hydrogens is 278 g/mol. The Morgan fingerprint density at radius 1 is 1.27 bits per heavy atom. The van der Waals surface area contributed by atoms with Gasteiger partial charge < -0.3 is 15.0 Å². The van der Waals surface area contributed by atoms with Crippen molar-refractivity contribution in [3.63, 3.8) is 0 Å². The van der Waals surface area contributed by atoms with Crippen LogP contribution in [0, 0.1) is 0 Å². The van der Waals surface area contributed by atoms with Gasteiger partial charge in [-0.3, -0.25) is 4.79 Å². The van der Waals surface area contributed by atoms with Gasteiger partial charge in [-0.05, 0) is 50.0 Å². The molecule has 1 amide bonds. The first-order valence-electron chi connectivity index (χ1n) is 7.54. The summed E-state index contributed by atoms with van der Waals surface area (Å²) in [4.78, 5) is 20.2. The van der Waals surface area contributed by atoms with Crippen molar-refractivity contribution in [3.05, 3.63) is 41.0 Å². The minimum Gasteiger partial charge on any atom is -0.497 e. The number of carbonyl (C=O) groups is 1. The Balaban J connectivity index is 1.76. The van der Waals surface area contributed by atoms with Gasteiger partial charge in [0.05, 0.1) is 18.4 Å². The van der Waals surface area contributed by atoms with Crippen LogP contribution in [0.3, 0.4) is 0 Å². The lowest BCUT2D eigenvalue weighted by atomic mass is 10.0. The lowest BCUT2D eigenvalue weighted by Gasteiger charge is -2.07.